The number of nitrogens with zero attached hydrogens (tertiary/aromatic N) is 1. The predicted octanol–water partition coefficient (Wildman–Crippen LogP) is 3.21. The van der Waals surface area contributed by atoms with Crippen LogP contribution in [0.3, 0.4) is 0 Å². The van der Waals surface area contributed by atoms with E-state index in [1.165, 1.54) is 24.3 Å². The van der Waals surface area contributed by atoms with Crippen LogP contribution in [0.15, 0.2) is 65.6 Å². The Bertz CT molecular complexity index is 629. The summed E-state index contributed by atoms with van der Waals surface area (Å²) in [5.41, 5.74) is 0.137. The van der Waals surface area contributed by atoms with E-state index in [0.29, 0.717) is 0 Å². The van der Waals surface area contributed by atoms with Gasteiger partial charge in [-0.05, 0) is 12.1 Å². The quantitative estimate of drug-likeness (QED) is 0.484. The number of nitro groups is 1. The zero-order valence-corrected chi connectivity index (χ0v) is 11.2. The van der Waals surface area contributed by atoms with Gasteiger partial charge in [0.05, 0.1) is 9.82 Å². The van der Waals surface area contributed by atoms with E-state index in [-0.39, 0.29) is 10.6 Å². The second-order valence-corrected chi connectivity index (χ2v) is 5.91. The lowest BCUT2D eigenvalue weighted by molar-refractivity contribution is -0.384. The van der Waals surface area contributed by atoms with Crippen molar-refractivity contribution in [2.24, 2.45) is 0 Å². The Morgan fingerprint density at radius 2 is 1.32 bits per heavy atom. The average molecular weight is 300 g/mol. The fourth-order valence-electron chi connectivity index (χ4n) is 1.13. The molecule has 0 spiro atoms. The van der Waals surface area contributed by atoms with Crippen LogP contribution in [-0.4, -0.2) is 13.3 Å². The van der Waals surface area contributed by atoms with Gasteiger partial charge in [-0.3, -0.25) is 10.1 Å². The van der Waals surface area contributed by atoms with Gasteiger partial charge >= 0.3 is 0 Å². The van der Waals surface area contributed by atoms with E-state index in [0.717, 1.165) is 0 Å². The summed E-state index contributed by atoms with van der Waals surface area (Å²) in [6, 6.07) is 15.8. The molecule has 0 aromatic heterocycles. The number of hydrogen-bond donors (Lipinski definition) is 0. The van der Waals surface area contributed by atoms with E-state index < -0.39 is 14.0 Å². The molecule has 2 rings (SSSR count). The number of non-ortho nitro benzene ring substituents is 1. The highest BCUT2D eigenvalue weighted by Crippen LogP contribution is 2.12. The first-order chi connectivity index (χ1) is 8.91. The van der Waals surface area contributed by atoms with Gasteiger partial charge < -0.3 is 0 Å². The molecule has 0 fully saturated rings. The van der Waals surface area contributed by atoms with Crippen molar-refractivity contribution < 1.29 is 13.3 Å². The standard InChI is InChI=1S/C6H5ClO2S.C6H5NO2/c7-10(8,9)6-4-2-1-3-5-6;8-7(9)6-4-2-1-3-5-6/h1-5H;1-5H. The minimum Gasteiger partial charge on any atom is -0.258 e. The Kier molecular flexibility index (Phi) is 5.47. The summed E-state index contributed by atoms with van der Waals surface area (Å²) in [5.74, 6) is 0. The van der Waals surface area contributed by atoms with Gasteiger partial charge in [0.25, 0.3) is 14.7 Å². The maximum Gasteiger partial charge on any atom is 0.269 e. The first kappa shape index (κ1) is 15.1. The molecule has 0 saturated carbocycles. The maximum atomic E-state index is 10.6. The molecule has 0 aliphatic rings. The topological polar surface area (TPSA) is 77.3 Å². The largest absolute Gasteiger partial charge is 0.269 e. The molecule has 0 atom stereocenters. The van der Waals surface area contributed by atoms with E-state index >= 15 is 0 Å². The van der Waals surface area contributed by atoms with E-state index in [1.54, 1.807) is 36.4 Å². The molecule has 0 aliphatic carbocycles. The minimum absolute atomic E-state index is 0.136. The van der Waals surface area contributed by atoms with Gasteiger partial charge in [-0.2, -0.15) is 0 Å². The third kappa shape index (κ3) is 5.50. The van der Waals surface area contributed by atoms with Crippen LogP contribution < -0.4 is 0 Å². The summed E-state index contributed by atoms with van der Waals surface area (Å²) >= 11 is 0. The van der Waals surface area contributed by atoms with Gasteiger partial charge in [0.2, 0.25) is 0 Å². The van der Waals surface area contributed by atoms with Crippen LogP contribution in [0.5, 0.6) is 0 Å². The van der Waals surface area contributed by atoms with Crippen molar-refractivity contribution in [2.75, 3.05) is 0 Å². The SMILES string of the molecule is O=S(=O)(Cl)c1ccccc1.O=[N+]([O-])c1ccccc1. The summed E-state index contributed by atoms with van der Waals surface area (Å²) in [5, 5.41) is 10.0. The summed E-state index contributed by atoms with van der Waals surface area (Å²) < 4.78 is 21.2. The van der Waals surface area contributed by atoms with Crippen molar-refractivity contribution >= 4 is 25.4 Å². The molecule has 0 saturated heterocycles. The predicted molar refractivity (Wildman–Crippen MR) is 72.6 cm³/mol. The number of halogens is 1. The average Bonchev–Trinajstić information content (AvgIpc) is 2.40. The number of para-hydroxylation sites is 1. The van der Waals surface area contributed by atoms with Gasteiger partial charge in [0.1, 0.15) is 0 Å². The summed E-state index contributed by atoms with van der Waals surface area (Å²) in [6.45, 7) is 0. The number of benzene rings is 2. The Morgan fingerprint density at radius 1 is 0.895 bits per heavy atom. The molecular weight excluding hydrogens is 290 g/mol. The maximum absolute atomic E-state index is 10.6. The third-order valence-electron chi connectivity index (χ3n) is 1.99. The van der Waals surface area contributed by atoms with Crippen LogP contribution in [0.4, 0.5) is 5.69 Å². The van der Waals surface area contributed by atoms with Gasteiger partial charge in [-0.25, -0.2) is 8.42 Å². The lowest BCUT2D eigenvalue weighted by atomic mass is 10.3. The molecule has 0 N–H and O–H groups in total. The molecule has 100 valence electrons. The van der Waals surface area contributed by atoms with E-state index in [1.807, 2.05) is 0 Å². The molecule has 2 aromatic carbocycles. The first-order valence-corrected chi connectivity index (χ1v) is 7.41. The number of nitro benzene ring substituents is 1. The van der Waals surface area contributed by atoms with Gasteiger partial charge in [-0.15, -0.1) is 0 Å². The normalized spacial score (nSPS) is 10.2. The molecular formula is C12H10ClNO4S. The fraction of sp³-hybridized carbons (Fsp3) is 0. The van der Waals surface area contributed by atoms with Crippen molar-refractivity contribution in [3.05, 3.63) is 70.8 Å². The van der Waals surface area contributed by atoms with Crippen molar-refractivity contribution in [3.63, 3.8) is 0 Å². The summed E-state index contributed by atoms with van der Waals surface area (Å²) in [6.07, 6.45) is 0. The third-order valence-corrected chi connectivity index (χ3v) is 3.36. The van der Waals surface area contributed by atoms with Crippen molar-refractivity contribution in [2.45, 2.75) is 4.90 Å². The summed E-state index contributed by atoms with van der Waals surface area (Å²) in [7, 11) is 1.50. The highest BCUT2D eigenvalue weighted by atomic mass is 35.7. The van der Waals surface area contributed by atoms with Crippen LogP contribution in [0.2, 0.25) is 0 Å². The molecule has 5 nitrogen and oxygen atoms in total. The van der Waals surface area contributed by atoms with E-state index in [4.69, 9.17) is 10.7 Å². The molecule has 2 aromatic rings. The van der Waals surface area contributed by atoms with Gasteiger partial charge in [-0.1, -0.05) is 36.4 Å². The van der Waals surface area contributed by atoms with Crippen LogP contribution in [0, 0.1) is 10.1 Å². The Balaban J connectivity index is 0.000000191. The molecule has 19 heavy (non-hydrogen) atoms. The molecule has 0 aliphatic heterocycles. The molecule has 0 heterocycles. The lowest BCUT2D eigenvalue weighted by Gasteiger charge is -1.91. The van der Waals surface area contributed by atoms with Crippen LogP contribution >= 0.6 is 10.7 Å². The Morgan fingerprint density at radius 3 is 1.58 bits per heavy atom. The second kappa shape index (κ2) is 6.86. The molecule has 0 bridgehead atoms. The minimum atomic E-state index is -3.53. The van der Waals surface area contributed by atoms with Gasteiger partial charge in [0.15, 0.2) is 0 Å². The molecule has 0 amide bonds. The zero-order valence-electron chi connectivity index (χ0n) is 9.64. The van der Waals surface area contributed by atoms with Crippen LogP contribution in [-0.2, 0) is 9.05 Å². The van der Waals surface area contributed by atoms with Gasteiger partial charge in [0, 0.05) is 22.8 Å². The Hall–Kier alpha value is -1.92. The second-order valence-electron chi connectivity index (χ2n) is 3.34. The number of rotatable bonds is 2. The molecule has 7 heteroatoms. The fourth-order valence-corrected chi connectivity index (χ4v) is 1.92. The Labute approximate surface area is 115 Å². The lowest BCUT2D eigenvalue weighted by Crippen LogP contribution is -1.87. The zero-order chi connectivity index (χ0) is 14.3. The highest BCUT2D eigenvalue weighted by Gasteiger charge is 2.06. The number of hydrogen-bond acceptors (Lipinski definition) is 4. The van der Waals surface area contributed by atoms with E-state index in [9.17, 15) is 18.5 Å². The highest BCUT2D eigenvalue weighted by molar-refractivity contribution is 8.13. The monoisotopic (exact) mass is 299 g/mol. The van der Waals surface area contributed by atoms with Crippen molar-refractivity contribution in [1.29, 1.82) is 0 Å². The van der Waals surface area contributed by atoms with Crippen LogP contribution in [0.25, 0.3) is 0 Å². The molecule has 0 unspecified atom stereocenters. The van der Waals surface area contributed by atoms with Crippen molar-refractivity contribution in [3.8, 4) is 0 Å². The first-order valence-electron chi connectivity index (χ1n) is 5.10. The smallest absolute Gasteiger partial charge is 0.258 e. The van der Waals surface area contributed by atoms with E-state index in [2.05, 4.69) is 0 Å². The molecule has 0 radical (unpaired) electrons. The summed E-state index contributed by atoms with van der Waals surface area (Å²) in [4.78, 5) is 9.73. The van der Waals surface area contributed by atoms with Crippen LogP contribution in [0.1, 0.15) is 0 Å². The van der Waals surface area contributed by atoms with Crippen molar-refractivity contribution in [1.82, 2.24) is 0 Å².